The van der Waals surface area contributed by atoms with Crippen LogP contribution in [0.2, 0.25) is 0 Å². The van der Waals surface area contributed by atoms with Crippen LogP contribution in [0.5, 0.6) is 0 Å². The summed E-state index contributed by atoms with van der Waals surface area (Å²) in [5, 5.41) is 0. The van der Waals surface area contributed by atoms with Crippen molar-refractivity contribution in [2.24, 2.45) is 0 Å². The van der Waals surface area contributed by atoms with Crippen LogP contribution in [0.25, 0.3) is 33.9 Å². The Balaban J connectivity index is 1.84. The van der Waals surface area contributed by atoms with Crippen LogP contribution >= 0.6 is 22.6 Å². The molecule has 28 heavy (non-hydrogen) atoms. The van der Waals surface area contributed by atoms with Crippen LogP contribution in [0.1, 0.15) is 5.56 Å². The van der Waals surface area contributed by atoms with Gasteiger partial charge in [-0.05, 0) is 59.0 Å². The van der Waals surface area contributed by atoms with Crippen molar-refractivity contribution in [3.05, 3.63) is 82.2 Å². The standard InChI is InChI=1S/C21H13F3IN3/c22-21(23,24)16-6-4-14(5-7-16)20-27-18(13-8-10-26-11-9-13)19(28-20)15-2-1-3-17(25)12-15/h1-12H,(H,27,28). The van der Waals surface area contributed by atoms with Gasteiger partial charge in [0.2, 0.25) is 0 Å². The average molecular weight is 491 g/mol. The number of imidazole rings is 1. The van der Waals surface area contributed by atoms with Crippen LogP contribution in [-0.2, 0) is 6.18 Å². The number of nitrogens with one attached hydrogen (secondary N) is 1. The van der Waals surface area contributed by atoms with Crippen LogP contribution in [0.3, 0.4) is 0 Å². The van der Waals surface area contributed by atoms with E-state index in [4.69, 9.17) is 0 Å². The van der Waals surface area contributed by atoms with Gasteiger partial charge in [-0.25, -0.2) is 4.98 Å². The number of hydrogen-bond donors (Lipinski definition) is 1. The summed E-state index contributed by atoms with van der Waals surface area (Å²) < 4.78 is 39.6. The lowest BCUT2D eigenvalue weighted by Gasteiger charge is -2.06. The molecule has 0 saturated carbocycles. The quantitative estimate of drug-likeness (QED) is 0.336. The Morgan fingerprint density at radius 1 is 0.821 bits per heavy atom. The lowest BCUT2D eigenvalue weighted by molar-refractivity contribution is -0.137. The number of nitrogens with zero attached hydrogens (tertiary/aromatic N) is 2. The van der Waals surface area contributed by atoms with Crippen molar-refractivity contribution in [3.8, 4) is 33.9 Å². The van der Waals surface area contributed by atoms with Gasteiger partial charge in [0.15, 0.2) is 0 Å². The smallest absolute Gasteiger partial charge is 0.337 e. The second kappa shape index (κ2) is 7.38. The molecule has 0 bridgehead atoms. The number of aromatic nitrogens is 3. The van der Waals surface area contributed by atoms with Gasteiger partial charge in [0.25, 0.3) is 0 Å². The van der Waals surface area contributed by atoms with Crippen molar-refractivity contribution in [2.75, 3.05) is 0 Å². The highest BCUT2D eigenvalue weighted by Crippen LogP contribution is 2.35. The van der Waals surface area contributed by atoms with Gasteiger partial charge in [-0.15, -0.1) is 0 Å². The fourth-order valence-electron chi connectivity index (χ4n) is 2.90. The molecular formula is C21H13F3IN3. The number of halogens is 4. The minimum Gasteiger partial charge on any atom is -0.337 e. The van der Waals surface area contributed by atoms with Crippen molar-refractivity contribution in [2.45, 2.75) is 6.18 Å². The van der Waals surface area contributed by atoms with Crippen LogP contribution in [0, 0.1) is 3.57 Å². The van der Waals surface area contributed by atoms with E-state index >= 15 is 0 Å². The maximum atomic E-state index is 12.8. The molecule has 0 amide bonds. The highest BCUT2D eigenvalue weighted by Gasteiger charge is 2.30. The molecule has 3 nitrogen and oxygen atoms in total. The van der Waals surface area contributed by atoms with Gasteiger partial charge >= 0.3 is 6.18 Å². The fourth-order valence-corrected chi connectivity index (χ4v) is 3.44. The summed E-state index contributed by atoms with van der Waals surface area (Å²) in [7, 11) is 0. The molecule has 0 radical (unpaired) electrons. The first-order chi connectivity index (χ1) is 13.4. The van der Waals surface area contributed by atoms with Crippen molar-refractivity contribution < 1.29 is 13.2 Å². The number of hydrogen-bond acceptors (Lipinski definition) is 2. The molecule has 0 fully saturated rings. The van der Waals surface area contributed by atoms with Crippen molar-refractivity contribution in [1.29, 1.82) is 0 Å². The maximum Gasteiger partial charge on any atom is 0.416 e. The van der Waals surface area contributed by atoms with E-state index in [1.165, 1.54) is 12.1 Å². The zero-order valence-electron chi connectivity index (χ0n) is 14.3. The summed E-state index contributed by atoms with van der Waals surface area (Å²) in [6, 6.07) is 16.6. The number of H-pyrrole nitrogens is 1. The molecule has 2 aromatic carbocycles. The van der Waals surface area contributed by atoms with Crippen LogP contribution < -0.4 is 0 Å². The van der Waals surface area contributed by atoms with Gasteiger partial charge in [-0.1, -0.05) is 24.3 Å². The average Bonchev–Trinajstić information content (AvgIpc) is 3.14. The van der Waals surface area contributed by atoms with E-state index in [1.807, 2.05) is 36.4 Å². The summed E-state index contributed by atoms with van der Waals surface area (Å²) in [6.07, 6.45) is -1.00. The highest BCUT2D eigenvalue weighted by molar-refractivity contribution is 14.1. The third-order valence-electron chi connectivity index (χ3n) is 4.26. The number of benzene rings is 2. The van der Waals surface area contributed by atoms with Gasteiger partial charge in [-0.3, -0.25) is 4.98 Å². The van der Waals surface area contributed by atoms with E-state index in [0.717, 1.165) is 38.2 Å². The Hall–Kier alpha value is -2.68. The van der Waals surface area contributed by atoms with E-state index in [0.29, 0.717) is 11.4 Å². The summed E-state index contributed by atoms with van der Waals surface area (Å²) in [4.78, 5) is 12.0. The molecule has 7 heteroatoms. The Bertz CT molecular complexity index is 1100. The monoisotopic (exact) mass is 491 g/mol. The molecule has 4 aromatic rings. The number of aromatic amines is 1. The van der Waals surface area contributed by atoms with E-state index in [2.05, 4.69) is 37.5 Å². The second-order valence-electron chi connectivity index (χ2n) is 6.13. The van der Waals surface area contributed by atoms with Crippen molar-refractivity contribution in [3.63, 3.8) is 0 Å². The Labute approximate surface area is 172 Å². The molecule has 0 spiro atoms. The first-order valence-electron chi connectivity index (χ1n) is 8.36. The first kappa shape index (κ1) is 18.7. The van der Waals surface area contributed by atoms with Gasteiger partial charge in [0.05, 0.1) is 17.0 Å². The Morgan fingerprint density at radius 2 is 1.54 bits per heavy atom. The molecule has 2 aromatic heterocycles. The molecule has 0 aliphatic carbocycles. The molecule has 1 N–H and O–H groups in total. The van der Waals surface area contributed by atoms with Crippen LogP contribution in [0.4, 0.5) is 13.2 Å². The Kier molecular flexibility index (Phi) is 4.92. The van der Waals surface area contributed by atoms with E-state index in [-0.39, 0.29) is 0 Å². The van der Waals surface area contributed by atoms with Gasteiger partial charge in [-0.2, -0.15) is 13.2 Å². The SMILES string of the molecule is FC(F)(F)c1ccc(-c2nc(-c3ccncc3)c(-c3cccc(I)c3)[nH]2)cc1. The minimum atomic E-state index is -4.37. The van der Waals surface area contributed by atoms with Gasteiger partial charge < -0.3 is 4.98 Å². The summed E-state index contributed by atoms with van der Waals surface area (Å²) >= 11 is 2.24. The summed E-state index contributed by atoms with van der Waals surface area (Å²) in [6.45, 7) is 0. The molecule has 2 heterocycles. The summed E-state index contributed by atoms with van der Waals surface area (Å²) in [5.41, 5.74) is 3.25. The molecular weight excluding hydrogens is 478 g/mol. The van der Waals surface area contributed by atoms with Crippen LogP contribution in [-0.4, -0.2) is 15.0 Å². The predicted octanol–water partition coefficient (Wildman–Crippen LogP) is 6.43. The van der Waals surface area contributed by atoms with Gasteiger partial charge in [0, 0.05) is 32.7 Å². The predicted molar refractivity (Wildman–Crippen MR) is 110 cm³/mol. The molecule has 4 rings (SSSR count). The third-order valence-corrected chi connectivity index (χ3v) is 4.93. The van der Waals surface area contributed by atoms with E-state index in [1.54, 1.807) is 12.4 Å². The fraction of sp³-hybridized carbons (Fsp3) is 0.0476. The van der Waals surface area contributed by atoms with E-state index < -0.39 is 11.7 Å². The first-order valence-corrected chi connectivity index (χ1v) is 9.44. The van der Waals surface area contributed by atoms with Crippen molar-refractivity contribution in [1.82, 2.24) is 15.0 Å². The summed E-state index contributed by atoms with van der Waals surface area (Å²) in [5.74, 6) is 0.509. The second-order valence-corrected chi connectivity index (χ2v) is 7.38. The molecule has 0 aliphatic heterocycles. The zero-order chi connectivity index (χ0) is 19.7. The molecule has 0 aliphatic rings. The number of pyridine rings is 1. The number of rotatable bonds is 3. The normalized spacial score (nSPS) is 11.6. The number of alkyl halides is 3. The lowest BCUT2D eigenvalue weighted by Crippen LogP contribution is -2.04. The lowest BCUT2D eigenvalue weighted by atomic mass is 10.1. The third kappa shape index (κ3) is 3.80. The Morgan fingerprint density at radius 3 is 2.18 bits per heavy atom. The molecule has 0 saturated heterocycles. The van der Waals surface area contributed by atoms with Crippen molar-refractivity contribution >= 4 is 22.6 Å². The molecule has 0 unspecified atom stereocenters. The van der Waals surface area contributed by atoms with E-state index in [9.17, 15) is 13.2 Å². The highest BCUT2D eigenvalue weighted by atomic mass is 127. The van der Waals surface area contributed by atoms with Crippen LogP contribution in [0.15, 0.2) is 73.1 Å². The maximum absolute atomic E-state index is 12.8. The van der Waals surface area contributed by atoms with Gasteiger partial charge in [0.1, 0.15) is 5.82 Å². The molecule has 0 atom stereocenters. The topological polar surface area (TPSA) is 41.6 Å². The largest absolute Gasteiger partial charge is 0.416 e. The zero-order valence-corrected chi connectivity index (χ0v) is 16.5. The molecule has 140 valence electrons. The minimum absolute atomic E-state index is 0.509.